The Balaban J connectivity index is 1.96. The highest BCUT2D eigenvalue weighted by Crippen LogP contribution is 2.20. The third kappa shape index (κ3) is 3.98. The lowest BCUT2D eigenvalue weighted by Gasteiger charge is -2.23. The summed E-state index contributed by atoms with van der Waals surface area (Å²) in [7, 11) is 2.02. The minimum absolute atomic E-state index is 0.438. The Morgan fingerprint density at radius 1 is 1.26 bits per heavy atom. The summed E-state index contributed by atoms with van der Waals surface area (Å²) in [6, 6.07) is 8.87. The summed E-state index contributed by atoms with van der Waals surface area (Å²) in [6.07, 6.45) is 6.33. The zero-order valence-corrected chi connectivity index (χ0v) is 12.1. The molecule has 0 saturated heterocycles. The Hall–Kier alpha value is -1.51. The van der Waals surface area contributed by atoms with Crippen molar-refractivity contribution in [3.8, 4) is 0 Å². The molecular formula is C16H25N3. The molecule has 104 valence electrons. The van der Waals surface area contributed by atoms with Crippen molar-refractivity contribution in [1.82, 2.24) is 4.90 Å². The molecular weight excluding hydrogens is 234 g/mol. The van der Waals surface area contributed by atoms with Crippen LogP contribution in [0, 0.1) is 6.92 Å². The fourth-order valence-corrected chi connectivity index (χ4v) is 2.62. The minimum atomic E-state index is 0.438. The Labute approximate surface area is 116 Å². The van der Waals surface area contributed by atoms with Crippen molar-refractivity contribution in [2.75, 3.05) is 7.05 Å². The van der Waals surface area contributed by atoms with Crippen molar-refractivity contribution < 1.29 is 0 Å². The van der Waals surface area contributed by atoms with Crippen LogP contribution in [0.2, 0.25) is 0 Å². The van der Waals surface area contributed by atoms with Gasteiger partial charge in [-0.3, -0.25) is 0 Å². The summed E-state index contributed by atoms with van der Waals surface area (Å²) >= 11 is 0. The van der Waals surface area contributed by atoms with E-state index in [2.05, 4.69) is 41.1 Å². The molecule has 3 heteroatoms. The van der Waals surface area contributed by atoms with Gasteiger partial charge in [0, 0.05) is 13.6 Å². The van der Waals surface area contributed by atoms with E-state index in [0.717, 1.165) is 6.54 Å². The molecule has 3 nitrogen and oxygen atoms in total. The van der Waals surface area contributed by atoms with E-state index in [-0.39, 0.29) is 0 Å². The molecule has 0 heterocycles. The minimum Gasteiger partial charge on any atom is -0.370 e. The summed E-state index contributed by atoms with van der Waals surface area (Å²) in [6.45, 7) is 2.96. The van der Waals surface area contributed by atoms with Crippen molar-refractivity contribution >= 4 is 5.96 Å². The lowest BCUT2D eigenvalue weighted by atomic mass is 9.96. The van der Waals surface area contributed by atoms with Gasteiger partial charge in [-0.1, -0.05) is 43.5 Å². The van der Waals surface area contributed by atoms with Gasteiger partial charge in [-0.2, -0.15) is 0 Å². The van der Waals surface area contributed by atoms with E-state index in [0.29, 0.717) is 12.0 Å². The summed E-state index contributed by atoms with van der Waals surface area (Å²) in [4.78, 5) is 6.73. The molecule has 0 radical (unpaired) electrons. The van der Waals surface area contributed by atoms with Crippen molar-refractivity contribution in [3.05, 3.63) is 35.4 Å². The van der Waals surface area contributed by atoms with Gasteiger partial charge >= 0.3 is 0 Å². The van der Waals surface area contributed by atoms with E-state index < -0.39 is 0 Å². The monoisotopic (exact) mass is 259 g/mol. The molecule has 0 spiro atoms. The molecule has 19 heavy (non-hydrogen) atoms. The lowest BCUT2D eigenvalue weighted by Crippen LogP contribution is -2.35. The molecule has 0 unspecified atom stereocenters. The predicted molar refractivity (Wildman–Crippen MR) is 81.1 cm³/mol. The molecule has 1 aromatic carbocycles. The standard InChI is InChI=1S/C16H25N3/c1-13-8-6-7-9-14(13)12-19(2)16(17)18-15-10-4-3-5-11-15/h6-9,15H,3-5,10-12H2,1-2H3,(H2,17,18). The van der Waals surface area contributed by atoms with Crippen LogP contribution in [0.25, 0.3) is 0 Å². The number of aryl methyl sites for hydroxylation is 1. The van der Waals surface area contributed by atoms with Gasteiger partial charge in [-0.25, -0.2) is 4.99 Å². The lowest BCUT2D eigenvalue weighted by molar-refractivity contribution is 0.428. The van der Waals surface area contributed by atoms with Gasteiger partial charge in [0.25, 0.3) is 0 Å². The SMILES string of the molecule is Cc1ccccc1CN(C)C(N)=NC1CCCCC1. The molecule has 1 fully saturated rings. The number of hydrogen-bond donors (Lipinski definition) is 1. The van der Waals surface area contributed by atoms with Crippen LogP contribution in [0.15, 0.2) is 29.3 Å². The summed E-state index contributed by atoms with van der Waals surface area (Å²) in [5.74, 6) is 0.676. The number of rotatable bonds is 3. The molecule has 0 aromatic heterocycles. The highest BCUT2D eigenvalue weighted by molar-refractivity contribution is 5.78. The third-order valence-corrected chi connectivity index (χ3v) is 3.95. The quantitative estimate of drug-likeness (QED) is 0.669. The number of aliphatic imine (C=N–C) groups is 1. The van der Waals surface area contributed by atoms with Gasteiger partial charge < -0.3 is 10.6 Å². The molecule has 0 amide bonds. The van der Waals surface area contributed by atoms with E-state index in [1.54, 1.807) is 0 Å². The molecule has 2 rings (SSSR count). The maximum atomic E-state index is 6.12. The number of benzene rings is 1. The van der Waals surface area contributed by atoms with Crippen LogP contribution in [0.3, 0.4) is 0 Å². The summed E-state index contributed by atoms with van der Waals surface area (Å²) in [5.41, 5.74) is 8.74. The molecule has 0 aliphatic heterocycles. The highest BCUT2D eigenvalue weighted by atomic mass is 15.2. The van der Waals surface area contributed by atoms with Crippen LogP contribution in [0.5, 0.6) is 0 Å². The van der Waals surface area contributed by atoms with Crippen LogP contribution in [0.1, 0.15) is 43.2 Å². The normalized spacial score (nSPS) is 17.5. The van der Waals surface area contributed by atoms with Crippen LogP contribution in [0.4, 0.5) is 0 Å². The van der Waals surface area contributed by atoms with E-state index in [1.807, 2.05) is 7.05 Å². The number of nitrogens with zero attached hydrogens (tertiary/aromatic N) is 2. The van der Waals surface area contributed by atoms with Crippen LogP contribution in [-0.4, -0.2) is 23.9 Å². The topological polar surface area (TPSA) is 41.6 Å². The Morgan fingerprint density at radius 3 is 2.63 bits per heavy atom. The second-order valence-corrected chi connectivity index (χ2v) is 5.56. The number of hydrogen-bond acceptors (Lipinski definition) is 1. The van der Waals surface area contributed by atoms with Gasteiger partial charge in [-0.05, 0) is 30.9 Å². The van der Waals surface area contributed by atoms with Crippen molar-refractivity contribution in [1.29, 1.82) is 0 Å². The van der Waals surface area contributed by atoms with Gasteiger partial charge in [0.2, 0.25) is 0 Å². The molecule has 0 bridgehead atoms. The fraction of sp³-hybridized carbons (Fsp3) is 0.562. The molecule has 1 aliphatic carbocycles. The Morgan fingerprint density at radius 2 is 1.95 bits per heavy atom. The molecule has 1 aliphatic rings. The average molecular weight is 259 g/mol. The van der Waals surface area contributed by atoms with Gasteiger partial charge in [-0.15, -0.1) is 0 Å². The Bertz CT molecular complexity index is 433. The second-order valence-electron chi connectivity index (χ2n) is 5.56. The Kier molecular flexibility index (Phi) is 4.83. The van der Waals surface area contributed by atoms with Gasteiger partial charge in [0.15, 0.2) is 5.96 Å². The van der Waals surface area contributed by atoms with Gasteiger partial charge in [0.05, 0.1) is 6.04 Å². The largest absolute Gasteiger partial charge is 0.370 e. The maximum absolute atomic E-state index is 6.12. The molecule has 1 aromatic rings. The van der Waals surface area contributed by atoms with Crippen LogP contribution >= 0.6 is 0 Å². The average Bonchev–Trinajstić information content (AvgIpc) is 2.42. The summed E-state index contributed by atoms with van der Waals surface area (Å²) in [5, 5.41) is 0. The first-order valence-electron chi connectivity index (χ1n) is 7.25. The first kappa shape index (κ1) is 13.9. The van der Waals surface area contributed by atoms with E-state index in [1.165, 1.54) is 43.2 Å². The highest BCUT2D eigenvalue weighted by Gasteiger charge is 2.13. The van der Waals surface area contributed by atoms with Crippen molar-refractivity contribution in [2.24, 2.45) is 10.7 Å². The van der Waals surface area contributed by atoms with E-state index in [4.69, 9.17) is 5.73 Å². The van der Waals surface area contributed by atoms with Crippen molar-refractivity contribution in [2.45, 2.75) is 51.6 Å². The first-order chi connectivity index (χ1) is 9.16. The zero-order chi connectivity index (χ0) is 13.7. The maximum Gasteiger partial charge on any atom is 0.191 e. The first-order valence-corrected chi connectivity index (χ1v) is 7.25. The fourth-order valence-electron chi connectivity index (χ4n) is 2.62. The summed E-state index contributed by atoms with van der Waals surface area (Å²) < 4.78 is 0. The van der Waals surface area contributed by atoms with Crippen LogP contribution < -0.4 is 5.73 Å². The van der Waals surface area contributed by atoms with Crippen LogP contribution in [-0.2, 0) is 6.54 Å². The van der Waals surface area contributed by atoms with E-state index >= 15 is 0 Å². The predicted octanol–water partition coefficient (Wildman–Crippen LogP) is 3.07. The molecule has 2 N–H and O–H groups in total. The zero-order valence-electron chi connectivity index (χ0n) is 12.1. The smallest absolute Gasteiger partial charge is 0.191 e. The second kappa shape index (κ2) is 6.60. The number of nitrogens with two attached hydrogens (primary N) is 1. The molecule has 0 atom stereocenters. The van der Waals surface area contributed by atoms with E-state index in [9.17, 15) is 0 Å². The van der Waals surface area contributed by atoms with Gasteiger partial charge in [0.1, 0.15) is 0 Å². The third-order valence-electron chi connectivity index (χ3n) is 3.95. The molecule has 1 saturated carbocycles. The van der Waals surface area contributed by atoms with Crippen molar-refractivity contribution in [3.63, 3.8) is 0 Å². The number of guanidine groups is 1.